The molecular formula is C12H13BrClNO4S. The van der Waals surface area contributed by atoms with Gasteiger partial charge in [-0.3, -0.25) is 4.79 Å². The maximum Gasteiger partial charge on any atom is 0.261 e. The Bertz CT molecular complexity index is 620. The molecule has 0 radical (unpaired) electrons. The van der Waals surface area contributed by atoms with Crippen LogP contribution in [0, 0.1) is 0 Å². The third kappa shape index (κ3) is 3.86. The first-order valence-corrected chi connectivity index (χ1v) is 9.17. The summed E-state index contributed by atoms with van der Waals surface area (Å²) < 4.78 is 28.5. The lowest BCUT2D eigenvalue weighted by Gasteiger charge is -2.17. The van der Waals surface area contributed by atoms with E-state index in [1.54, 1.807) is 0 Å². The maximum atomic E-state index is 11.8. The first-order valence-electron chi connectivity index (χ1n) is 6.06. The Morgan fingerprint density at radius 1 is 1.35 bits per heavy atom. The lowest BCUT2D eigenvalue weighted by molar-refractivity contribution is -0.127. The van der Waals surface area contributed by atoms with Crippen LogP contribution in [-0.2, 0) is 13.8 Å². The zero-order valence-corrected chi connectivity index (χ0v) is 13.6. The van der Waals surface area contributed by atoms with Crippen LogP contribution in [-0.4, -0.2) is 27.0 Å². The van der Waals surface area contributed by atoms with E-state index in [9.17, 15) is 13.2 Å². The van der Waals surface area contributed by atoms with Gasteiger partial charge in [-0.1, -0.05) is 0 Å². The number of nitrogens with one attached hydrogen (secondary N) is 1. The first kappa shape index (κ1) is 15.6. The van der Waals surface area contributed by atoms with E-state index < -0.39 is 15.2 Å². The summed E-state index contributed by atoms with van der Waals surface area (Å²) in [6.07, 6.45) is 1.89. The fraction of sp³-hybridized carbons (Fsp3) is 0.417. The number of amides is 1. The van der Waals surface area contributed by atoms with Crippen LogP contribution in [0.25, 0.3) is 0 Å². The van der Waals surface area contributed by atoms with E-state index in [0.717, 1.165) is 12.8 Å². The van der Waals surface area contributed by atoms with Crippen molar-refractivity contribution in [3.63, 3.8) is 0 Å². The SMILES string of the molecule is O=C1NCCCCC1Oc1ccc(S(=O)(=O)Cl)cc1Br. The molecule has 20 heavy (non-hydrogen) atoms. The second kappa shape index (κ2) is 6.32. The molecule has 0 spiro atoms. The Balaban J connectivity index is 2.19. The van der Waals surface area contributed by atoms with Gasteiger partial charge in [0.05, 0.1) is 9.37 Å². The van der Waals surface area contributed by atoms with Gasteiger partial charge < -0.3 is 10.1 Å². The van der Waals surface area contributed by atoms with Gasteiger partial charge in [-0.25, -0.2) is 8.42 Å². The van der Waals surface area contributed by atoms with E-state index in [2.05, 4.69) is 21.2 Å². The summed E-state index contributed by atoms with van der Waals surface area (Å²) in [4.78, 5) is 11.8. The highest BCUT2D eigenvalue weighted by molar-refractivity contribution is 9.10. The van der Waals surface area contributed by atoms with Crippen LogP contribution in [0.1, 0.15) is 19.3 Å². The topological polar surface area (TPSA) is 72.5 Å². The highest BCUT2D eigenvalue weighted by Gasteiger charge is 2.23. The van der Waals surface area contributed by atoms with Crippen molar-refractivity contribution in [1.29, 1.82) is 0 Å². The minimum Gasteiger partial charge on any atom is -0.479 e. The lowest BCUT2D eigenvalue weighted by atomic mass is 10.2. The van der Waals surface area contributed by atoms with E-state index in [1.165, 1.54) is 18.2 Å². The lowest BCUT2D eigenvalue weighted by Crippen LogP contribution is -2.36. The number of carbonyl (C=O) groups excluding carboxylic acids is 1. The van der Waals surface area contributed by atoms with Gasteiger partial charge in [-0.05, 0) is 53.4 Å². The molecule has 1 fully saturated rings. The largest absolute Gasteiger partial charge is 0.479 e. The molecule has 1 saturated heterocycles. The summed E-state index contributed by atoms with van der Waals surface area (Å²) in [5, 5.41) is 2.77. The van der Waals surface area contributed by atoms with Crippen molar-refractivity contribution in [1.82, 2.24) is 5.32 Å². The standard InChI is InChI=1S/C12H13BrClNO4S/c13-9-7-8(20(14,17)18)4-5-10(9)19-11-3-1-2-6-15-12(11)16/h4-5,7,11H,1-3,6H2,(H,15,16). The molecule has 1 aliphatic heterocycles. The zero-order chi connectivity index (χ0) is 14.8. The summed E-state index contributed by atoms with van der Waals surface area (Å²) in [5.41, 5.74) is 0. The molecular weight excluding hydrogens is 370 g/mol. The molecule has 0 saturated carbocycles. The molecule has 2 rings (SSSR count). The van der Waals surface area contributed by atoms with Crippen molar-refractivity contribution >= 4 is 41.6 Å². The fourth-order valence-electron chi connectivity index (χ4n) is 1.91. The Morgan fingerprint density at radius 2 is 2.10 bits per heavy atom. The normalized spacial score (nSPS) is 20.1. The van der Waals surface area contributed by atoms with Gasteiger partial charge in [0, 0.05) is 17.2 Å². The minimum absolute atomic E-state index is 0.0243. The molecule has 1 heterocycles. The van der Waals surface area contributed by atoms with Gasteiger partial charge in [-0.15, -0.1) is 0 Å². The van der Waals surface area contributed by atoms with Crippen molar-refractivity contribution in [2.24, 2.45) is 0 Å². The molecule has 5 nitrogen and oxygen atoms in total. The van der Waals surface area contributed by atoms with Crippen LogP contribution >= 0.6 is 26.6 Å². The van der Waals surface area contributed by atoms with Gasteiger partial charge in [0.25, 0.3) is 15.0 Å². The number of halogens is 2. The monoisotopic (exact) mass is 381 g/mol. The predicted octanol–water partition coefficient (Wildman–Crippen LogP) is 2.42. The van der Waals surface area contributed by atoms with Crippen molar-refractivity contribution in [3.05, 3.63) is 22.7 Å². The molecule has 1 aromatic carbocycles. The Labute approximate surface area is 130 Å². The van der Waals surface area contributed by atoms with Crippen LogP contribution in [0.3, 0.4) is 0 Å². The number of benzene rings is 1. The molecule has 1 aromatic rings. The van der Waals surface area contributed by atoms with Crippen molar-refractivity contribution in [2.75, 3.05) is 6.54 Å². The number of ether oxygens (including phenoxy) is 1. The first-order chi connectivity index (χ1) is 9.38. The van der Waals surface area contributed by atoms with Crippen molar-refractivity contribution < 1.29 is 17.9 Å². The number of rotatable bonds is 3. The predicted molar refractivity (Wildman–Crippen MR) is 78.5 cm³/mol. The Morgan fingerprint density at radius 3 is 2.75 bits per heavy atom. The third-order valence-electron chi connectivity index (χ3n) is 2.94. The van der Waals surface area contributed by atoms with E-state index in [4.69, 9.17) is 15.4 Å². The third-order valence-corrected chi connectivity index (χ3v) is 4.91. The van der Waals surface area contributed by atoms with Crippen molar-refractivity contribution in [3.8, 4) is 5.75 Å². The van der Waals surface area contributed by atoms with E-state index in [1.807, 2.05) is 0 Å². The maximum absolute atomic E-state index is 11.8. The van der Waals surface area contributed by atoms with Crippen LogP contribution in [0.2, 0.25) is 0 Å². The second-order valence-corrected chi connectivity index (χ2v) is 7.84. The summed E-state index contributed by atoms with van der Waals surface area (Å²) in [5.74, 6) is 0.263. The molecule has 110 valence electrons. The van der Waals surface area contributed by atoms with Crippen molar-refractivity contribution in [2.45, 2.75) is 30.3 Å². The molecule has 0 aliphatic carbocycles. The molecule has 1 amide bonds. The van der Waals surface area contributed by atoms with E-state index in [-0.39, 0.29) is 10.8 Å². The van der Waals surface area contributed by atoms with Gasteiger partial charge in [0.1, 0.15) is 5.75 Å². The molecule has 0 aromatic heterocycles. The quantitative estimate of drug-likeness (QED) is 0.815. The molecule has 1 unspecified atom stereocenters. The summed E-state index contributed by atoms with van der Waals surface area (Å²) in [6, 6.07) is 4.18. The van der Waals surface area contributed by atoms with E-state index in [0.29, 0.717) is 23.2 Å². The van der Waals surface area contributed by atoms with Gasteiger partial charge >= 0.3 is 0 Å². The van der Waals surface area contributed by atoms with Gasteiger partial charge in [0.2, 0.25) is 0 Å². The highest BCUT2D eigenvalue weighted by atomic mass is 79.9. The number of hydrogen-bond acceptors (Lipinski definition) is 4. The fourth-order valence-corrected chi connectivity index (χ4v) is 3.31. The van der Waals surface area contributed by atoms with E-state index >= 15 is 0 Å². The minimum atomic E-state index is -3.78. The smallest absolute Gasteiger partial charge is 0.261 e. The number of hydrogen-bond donors (Lipinski definition) is 1. The average molecular weight is 383 g/mol. The zero-order valence-electron chi connectivity index (χ0n) is 10.4. The van der Waals surface area contributed by atoms with Crippen LogP contribution in [0.15, 0.2) is 27.6 Å². The summed E-state index contributed by atoms with van der Waals surface area (Å²) in [7, 11) is 1.48. The average Bonchev–Trinajstić information content (AvgIpc) is 2.56. The Kier molecular flexibility index (Phi) is 4.93. The van der Waals surface area contributed by atoms with Gasteiger partial charge in [0.15, 0.2) is 6.10 Å². The summed E-state index contributed by atoms with van der Waals surface area (Å²) in [6.45, 7) is 0.656. The van der Waals surface area contributed by atoms with Crippen LogP contribution < -0.4 is 10.1 Å². The van der Waals surface area contributed by atoms with Crippen LogP contribution in [0.4, 0.5) is 0 Å². The second-order valence-electron chi connectivity index (χ2n) is 4.42. The molecule has 0 bridgehead atoms. The van der Waals surface area contributed by atoms with Crippen LogP contribution in [0.5, 0.6) is 5.75 Å². The summed E-state index contributed by atoms with van der Waals surface area (Å²) >= 11 is 3.23. The van der Waals surface area contributed by atoms with Gasteiger partial charge in [-0.2, -0.15) is 0 Å². The molecule has 1 aliphatic rings. The Hall–Kier alpha value is -0.790. The number of carbonyl (C=O) groups is 1. The molecule has 1 atom stereocenters. The molecule has 8 heteroatoms. The molecule has 1 N–H and O–H groups in total. The highest BCUT2D eigenvalue weighted by Crippen LogP contribution is 2.30.